The van der Waals surface area contributed by atoms with Crippen LogP contribution in [0.4, 0.5) is 5.69 Å². The van der Waals surface area contributed by atoms with Crippen LogP contribution in [-0.4, -0.2) is 39.2 Å². The van der Waals surface area contributed by atoms with Crippen LogP contribution in [0.15, 0.2) is 94.1 Å². The molecule has 0 aliphatic rings. The maximum atomic E-state index is 12.6. The molecular formula is C28H30N6O4S. The molecule has 2 N–H and O–H groups in total. The molecule has 0 radical (unpaired) electrons. The monoisotopic (exact) mass is 546 g/mol. The fourth-order valence-electron chi connectivity index (χ4n) is 3.41. The summed E-state index contributed by atoms with van der Waals surface area (Å²) in [6, 6.07) is 20.8. The Balaban J connectivity index is 1.26. The van der Waals surface area contributed by atoms with E-state index in [1.54, 1.807) is 32.2 Å². The fraction of sp³-hybridized carbons (Fsp3) is 0.214. The summed E-state index contributed by atoms with van der Waals surface area (Å²) in [4.78, 5) is 12.6. The molecule has 10 nitrogen and oxygen atoms in total. The summed E-state index contributed by atoms with van der Waals surface area (Å²) in [6.07, 6.45) is 3.19. The van der Waals surface area contributed by atoms with Crippen molar-refractivity contribution in [3.05, 3.63) is 96.5 Å². The van der Waals surface area contributed by atoms with Crippen molar-refractivity contribution >= 4 is 29.6 Å². The van der Waals surface area contributed by atoms with E-state index in [0.717, 1.165) is 22.8 Å². The van der Waals surface area contributed by atoms with Gasteiger partial charge in [0, 0.05) is 18.3 Å². The van der Waals surface area contributed by atoms with Crippen molar-refractivity contribution in [3.8, 4) is 11.7 Å². The highest BCUT2D eigenvalue weighted by Crippen LogP contribution is 2.23. The van der Waals surface area contributed by atoms with E-state index in [1.807, 2.05) is 59.2 Å². The predicted molar refractivity (Wildman–Crippen MR) is 151 cm³/mol. The Bertz CT molecular complexity index is 1380. The number of thioether (sulfide) groups is 1. The Morgan fingerprint density at radius 1 is 1.15 bits per heavy atom. The molecule has 11 heteroatoms. The zero-order valence-corrected chi connectivity index (χ0v) is 22.6. The average molecular weight is 547 g/mol. The number of aromatic nitrogens is 3. The minimum atomic E-state index is -0.468. The van der Waals surface area contributed by atoms with Gasteiger partial charge in [-0.3, -0.25) is 4.79 Å². The number of nitrogens with one attached hydrogen (secondary N) is 2. The van der Waals surface area contributed by atoms with Crippen LogP contribution in [0.1, 0.15) is 24.1 Å². The minimum Gasteiger partial charge on any atom is -0.497 e. The van der Waals surface area contributed by atoms with Gasteiger partial charge in [-0.05, 0) is 42.8 Å². The highest BCUT2D eigenvalue weighted by atomic mass is 32.2. The Morgan fingerprint density at radius 2 is 1.95 bits per heavy atom. The summed E-state index contributed by atoms with van der Waals surface area (Å²) < 4.78 is 18.3. The average Bonchev–Trinajstić information content (AvgIpc) is 3.58. The molecule has 2 aromatic heterocycles. The molecule has 1 atom stereocenters. The number of anilines is 1. The number of nitrogens with zero attached hydrogens (tertiary/aromatic N) is 4. The maximum Gasteiger partial charge on any atom is 0.285 e. The first-order chi connectivity index (χ1) is 19.1. The number of furan rings is 1. The summed E-state index contributed by atoms with van der Waals surface area (Å²) >= 11 is 1.29. The highest BCUT2D eigenvalue weighted by Gasteiger charge is 2.19. The topological polar surface area (TPSA) is 116 Å². The third kappa shape index (κ3) is 7.99. The molecule has 4 aromatic rings. The smallest absolute Gasteiger partial charge is 0.285 e. The molecule has 1 unspecified atom stereocenters. The molecule has 0 aliphatic heterocycles. The van der Waals surface area contributed by atoms with Gasteiger partial charge in [0.1, 0.15) is 12.4 Å². The van der Waals surface area contributed by atoms with E-state index in [0.29, 0.717) is 36.6 Å². The molecule has 0 bridgehead atoms. The third-order valence-electron chi connectivity index (χ3n) is 5.49. The van der Waals surface area contributed by atoms with Gasteiger partial charge >= 0.3 is 0 Å². The first-order valence-electron chi connectivity index (χ1n) is 12.2. The molecule has 0 spiro atoms. The van der Waals surface area contributed by atoms with Gasteiger partial charge in [-0.25, -0.2) is 5.43 Å². The van der Waals surface area contributed by atoms with Crippen molar-refractivity contribution in [2.75, 3.05) is 12.4 Å². The van der Waals surface area contributed by atoms with E-state index in [9.17, 15) is 4.79 Å². The van der Waals surface area contributed by atoms with Crippen LogP contribution >= 0.6 is 11.8 Å². The van der Waals surface area contributed by atoms with E-state index in [-0.39, 0.29) is 5.91 Å². The van der Waals surface area contributed by atoms with E-state index in [1.165, 1.54) is 18.0 Å². The van der Waals surface area contributed by atoms with Gasteiger partial charge in [0.05, 0.1) is 25.1 Å². The lowest BCUT2D eigenvalue weighted by molar-refractivity contribution is -0.120. The first-order valence-corrected chi connectivity index (χ1v) is 13.1. The zero-order valence-electron chi connectivity index (χ0n) is 21.7. The summed E-state index contributed by atoms with van der Waals surface area (Å²) in [5.41, 5.74) is 4.50. The van der Waals surface area contributed by atoms with Crippen LogP contribution < -0.4 is 20.2 Å². The molecule has 202 valence electrons. The van der Waals surface area contributed by atoms with Crippen LogP contribution in [0.2, 0.25) is 0 Å². The fourth-order valence-corrected chi connectivity index (χ4v) is 4.28. The van der Waals surface area contributed by atoms with Gasteiger partial charge in [0.25, 0.3) is 11.9 Å². The SMILES string of the molecule is C=CCn1c(CNc2ccccc2)nnc1SC(C)C(=O)N/N=C/c1ccc(OCc2ccc(OC)cc2)o1. The molecule has 1 amide bonds. The van der Waals surface area contributed by atoms with E-state index < -0.39 is 5.25 Å². The molecule has 0 saturated heterocycles. The largest absolute Gasteiger partial charge is 0.497 e. The van der Waals surface area contributed by atoms with Gasteiger partial charge in [-0.2, -0.15) is 5.10 Å². The molecule has 0 saturated carbocycles. The van der Waals surface area contributed by atoms with Crippen LogP contribution in [0.5, 0.6) is 11.7 Å². The van der Waals surface area contributed by atoms with Crippen LogP contribution in [0.3, 0.4) is 0 Å². The number of hydrogen-bond donors (Lipinski definition) is 2. The van der Waals surface area contributed by atoms with E-state index in [4.69, 9.17) is 13.9 Å². The Hall–Kier alpha value is -4.51. The predicted octanol–water partition coefficient (Wildman–Crippen LogP) is 4.89. The van der Waals surface area contributed by atoms with E-state index in [2.05, 4.69) is 32.6 Å². The Kier molecular flexibility index (Phi) is 9.79. The van der Waals surface area contributed by atoms with Crippen molar-refractivity contribution in [2.45, 2.75) is 37.0 Å². The zero-order chi connectivity index (χ0) is 27.5. The number of amides is 1. The number of benzene rings is 2. The van der Waals surface area contributed by atoms with Gasteiger partial charge in [-0.15, -0.1) is 16.8 Å². The summed E-state index contributed by atoms with van der Waals surface area (Å²) in [7, 11) is 1.62. The second-order valence-electron chi connectivity index (χ2n) is 8.31. The highest BCUT2D eigenvalue weighted by molar-refractivity contribution is 8.00. The second-order valence-corrected chi connectivity index (χ2v) is 9.61. The lowest BCUT2D eigenvalue weighted by Gasteiger charge is -2.12. The third-order valence-corrected chi connectivity index (χ3v) is 6.57. The Labute approximate surface area is 231 Å². The van der Waals surface area contributed by atoms with Crippen LogP contribution in [-0.2, 0) is 24.5 Å². The number of rotatable bonds is 14. The number of hydrogen-bond acceptors (Lipinski definition) is 9. The number of carbonyl (C=O) groups is 1. The van der Waals surface area contributed by atoms with Gasteiger partial charge in [0.15, 0.2) is 16.7 Å². The molecular weight excluding hydrogens is 516 g/mol. The van der Waals surface area contributed by atoms with Crippen molar-refractivity contribution in [1.29, 1.82) is 0 Å². The number of hydrazone groups is 1. The lowest BCUT2D eigenvalue weighted by Crippen LogP contribution is -2.27. The quantitative estimate of drug-likeness (QED) is 0.0994. The maximum absolute atomic E-state index is 12.6. The van der Waals surface area contributed by atoms with Gasteiger partial charge in [-0.1, -0.05) is 48.2 Å². The van der Waals surface area contributed by atoms with Crippen molar-refractivity contribution in [1.82, 2.24) is 20.2 Å². The van der Waals surface area contributed by atoms with Crippen molar-refractivity contribution in [3.63, 3.8) is 0 Å². The lowest BCUT2D eigenvalue weighted by atomic mass is 10.2. The Morgan fingerprint density at radius 3 is 2.69 bits per heavy atom. The number of carbonyl (C=O) groups excluding carboxylic acids is 1. The second kappa shape index (κ2) is 13.9. The number of para-hydroxylation sites is 1. The normalized spacial score (nSPS) is 11.7. The van der Waals surface area contributed by atoms with E-state index >= 15 is 0 Å². The number of ether oxygens (including phenoxy) is 2. The van der Waals surface area contributed by atoms with Crippen LogP contribution in [0, 0.1) is 0 Å². The number of methoxy groups -OCH3 is 1. The van der Waals surface area contributed by atoms with Crippen molar-refractivity contribution in [2.24, 2.45) is 5.10 Å². The molecule has 39 heavy (non-hydrogen) atoms. The van der Waals surface area contributed by atoms with Crippen LogP contribution in [0.25, 0.3) is 0 Å². The first kappa shape index (κ1) is 27.5. The van der Waals surface area contributed by atoms with Crippen molar-refractivity contribution < 1.29 is 18.7 Å². The molecule has 4 rings (SSSR count). The summed E-state index contributed by atoms with van der Waals surface area (Å²) in [5, 5.41) is 16.1. The van der Waals surface area contributed by atoms with Gasteiger partial charge in [0.2, 0.25) is 0 Å². The summed E-state index contributed by atoms with van der Waals surface area (Å²) in [6.45, 7) is 6.97. The molecule has 2 aromatic carbocycles. The molecule has 2 heterocycles. The summed E-state index contributed by atoms with van der Waals surface area (Å²) in [5.74, 6) is 2.04. The standard InChI is InChI=1S/C28H30N6O4S/c1-4-16-34-25(18-29-22-8-6-5-7-9-22)31-33-28(34)39-20(2)27(35)32-30-17-24-14-15-26(38-24)37-19-21-10-12-23(36-3)13-11-21/h4-15,17,20,29H,1,16,18-19H2,2-3H3,(H,32,35)/b30-17+. The molecule has 0 fully saturated rings. The molecule has 0 aliphatic carbocycles. The number of allylic oxidation sites excluding steroid dienone is 1. The van der Waals surface area contributed by atoms with Gasteiger partial charge < -0.3 is 23.8 Å². The minimum absolute atomic E-state index is 0.282.